The Kier molecular flexibility index (Phi) is 7.80. The molecule has 0 aliphatic carbocycles. The Labute approximate surface area is 152 Å². The van der Waals surface area contributed by atoms with Gasteiger partial charge in [0.25, 0.3) is 5.91 Å². The molecule has 1 aliphatic rings. The number of carbonyl (C=O) groups is 1. The Morgan fingerprint density at radius 3 is 2.70 bits per heavy atom. The SMILES string of the molecule is COc1cc(N)c(Cl)cc1C(=O)NCC1(SC)CCOCC1.Cl. The molecule has 1 saturated heterocycles. The fourth-order valence-electron chi connectivity index (χ4n) is 2.45. The third-order valence-corrected chi connectivity index (χ3v) is 5.72. The topological polar surface area (TPSA) is 73.6 Å². The molecule has 5 nitrogen and oxygen atoms in total. The van der Waals surface area contributed by atoms with Gasteiger partial charge in [0.2, 0.25) is 0 Å². The van der Waals surface area contributed by atoms with Crippen LogP contribution in [0.3, 0.4) is 0 Å². The molecule has 1 aromatic rings. The minimum absolute atomic E-state index is 0. The summed E-state index contributed by atoms with van der Waals surface area (Å²) in [6, 6.07) is 3.11. The largest absolute Gasteiger partial charge is 0.496 e. The van der Waals surface area contributed by atoms with E-state index >= 15 is 0 Å². The van der Waals surface area contributed by atoms with Gasteiger partial charge < -0.3 is 20.5 Å². The van der Waals surface area contributed by atoms with E-state index in [-0.39, 0.29) is 23.1 Å². The van der Waals surface area contributed by atoms with Crippen molar-refractivity contribution in [3.63, 3.8) is 0 Å². The lowest BCUT2D eigenvalue weighted by atomic mass is 9.99. The number of nitrogen functional groups attached to an aromatic ring is 1. The Balaban J connectivity index is 0.00000264. The number of halogens is 2. The van der Waals surface area contributed by atoms with Gasteiger partial charge in [-0.1, -0.05) is 11.6 Å². The van der Waals surface area contributed by atoms with E-state index in [1.165, 1.54) is 7.11 Å². The molecule has 0 radical (unpaired) electrons. The van der Waals surface area contributed by atoms with E-state index in [0.717, 1.165) is 26.1 Å². The summed E-state index contributed by atoms with van der Waals surface area (Å²) in [6.07, 6.45) is 3.92. The molecule has 1 heterocycles. The zero-order valence-corrected chi connectivity index (χ0v) is 15.6. The number of carbonyl (C=O) groups excluding carboxylic acids is 1. The lowest BCUT2D eigenvalue weighted by Crippen LogP contribution is -2.44. The first-order valence-electron chi connectivity index (χ1n) is 7.05. The van der Waals surface area contributed by atoms with Crippen molar-refractivity contribution in [2.75, 3.05) is 38.9 Å². The van der Waals surface area contributed by atoms with Crippen molar-refractivity contribution >= 4 is 47.4 Å². The molecule has 23 heavy (non-hydrogen) atoms. The lowest BCUT2D eigenvalue weighted by molar-refractivity contribution is 0.0741. The number of anilines is 1. The fourth-order valence-corrected chi connectivity index (χ4v) is 3.40. The molecule has 0 unspecified atom stereocenters. The smallest absolute Gasteiger partial charge is 0.255 e. The van der Waals surface area contributed by atoms with E-state index in [2.05, 4.69) is 11.6 Å². The van der Waals surface area contributed by atoms with Gasteiger partial charge in [-0.25, -0.2) is 0 Å². The second kappa shape index (κ2) is 8.87. The summed E-state index contributed by atoms with van der Waals surface area (Å²) in [4.78, 5) is 12.5. The Bertz CT molecular complexity index is 552. The number of hydrogen-bond acceptors (Lipinski definition) is 5. The van der Waals surface area contributed by atoms with Crippen molar-refractivity contribution in [1.29, 1.82) is 0 Å². The molecule has 0 aromatic heterocycles. The van der Waals surface area contributed by atoms with Gasteiger partial charge >= 0.3 is 0 Å². The predicted octanol–water partition coefficient (Wildman–Crippen LogP) is 2.99. The van der Waals surface area contributed by atoms with Crippen LogP contribution in [0.5, 0.6) is 5.75 Å². The fraction of sp³-hybridized carbons (Fsp3) is 0.533. The molecular formula is C15H22Cl2N2O3S. The molecule has 1 aliphatic heterocycles. The average Bonchev–Trinajstić information content (AvgIpc) is 2.55. The van der Waals surface area contributed by atoms with Crippen LogP contribution in [0.15, 0.2) is 12.1 Å². The number of nitrogens with two attached hydrogens (primary N) is 1. The molecule has 1 fully saturated rings. The van der Waals surface area contributed by atoms with Crippen LogP contribution in [0.25, 0.3) is 0 Å². The summed E-state index contributed by atoms with van der Waals surface area (Å²) >= 11 is 7.78. The molecule has 1 amide bonds. The van der Waals surface area contributed by atoms with E-state index in [4.69, 9.17) is 26.8 Å². The molecule has 130 valence electrons. The standard InChI is InChI=1S/C15H21ClN2O3S.ClH/c1-20-13-8-12(17)11(16)7-10(13)14(19)18-9-15(22-2)3-5-21-6-4-15;/h7-8H,3-6,9,17H2,1-2H3,(H,18,19);1H. The van der Waals surface area contributed by atoms with Crippen molar-refractivity contribution in [2.45, 2.75) is 17.6 Å². The van der Waals surface area contributed by atoms with Crippen LogP contribution < -0.4 is 15.8 Å². The maximum atomic E-state index is 12.5. The quantitative estimate of drug-likeness (QED) is 0.768. The molecule has 3 N–H and O–H groups in total. The van der Waals surface area contributed by atoms with Crippen LogP contribution in [0.2, 0.25) is 5.02 Å². The number of benzene rings is 1. The number of ether oxygens (including phenoxy) is 2. The molecule has 0 spiro atoms. The first-order chi connectivity index (χ1) is 10.5. The summed E-state index contributed by atoms with van der Waals surface area (Å²) < 4.78 is 10.7. The van der Waals surface area contributed by atoms with Crippen molar-refractivity contribution in [2.24, 2.45) is 0 Å². The van der Waals surface area contributed by atoms with Crippen LogP contribution >= 0.6 is 35.8 Å². The maximum absolute atomic E-state index is 12.5. The number of thioether (sulfide) groups is 1. The van der Waals surface area contributed by atoms with Gasteiger partial charge in [0.05, 0.1) is 23.4 Å². The molecule has 2 rings (SSSR count). The second-order valence-corrected chi connectivity index (χ2v) is 6.94. The molecular weight excluding hydrogens is 359 g/mol. The van der Waals surface area contributed by atoms with Gasteiger partial charge in [-0.2, -0.15) is 11.8 Å². The summed E-state index contributed by atoms with van der Waals surface area (Å²) in [6.45, 7) is 2.04. The molecule has 8 heteroatoms. The van der Waals surface area contributed by atoms with Crippen LogP contribution in [0.1, 0.15) is 23.2 Å². The highest BCUT2D eigenvalue weighted by molar-refractivity contribution is 8.00. The first-order valence-corrected chi connectivity index (χ1v) is 8.66. The third-order valence-electron chi connectivity index (χ3n) is 3.97. The lowest BCUT2D eigenvalue weighted by Gasteiger charge is -2.35. The van der Waals surface area contributed by atoms with E-state index < -0.39 is 0 Å². The van der Waals surface area contributed by atoms with Gasteiger partial charge in [-0.05, 0) is 25.2 Å². The zero-order valence-electron chi connectivity index (χ0n) is 13.2. The van der Waals surface area contributed by atoms with Crippen LogP contribution in [0.4, 0.5) is 5.69 Å². The van der Waals surface area contributed by atoms with Gasteiger partial charge in [0, 0.05) is 30.6 Å². The first kappa shape index (κ1) is 20.2. The summed E-state index contributed by atoms with van der Waals surface area (Å²) in [5, 5.41) is 3.33. The summed E-state index contributed by atoms with van der Waals surface area (Å²) in [5.74, 6) is 0.211. The number of nitrogens with one attached hydrogen (secondary N) is 1. The molecule has 0 atom stereocenters. The van der Waals surface area contributed by atoms with E-state index in [1.54, 1.807) is 23.9 Å². The highest BCUT2D eigenvalue weighted by Gasteiger charge is 2.32. The van der Waals surface area contributed by atoms with Crippen molar-refractivity contribution < 1.29 is 14.3 Å². The Morgan fingerprint density at radius 1 is 1.48 bits per heavy atom. The number of hydrogen-bond donors (Lipinski definition) is 2. The van der Waals surface area contributed by atoms with Gasteiger partial charge in [-0.15, -0.1) is 12.4 Å². The number of methoxy groups -OCH3 is 1. The van der Waals surface area contributed by atoms with Crippen molar-refractivity contribution in [3.8, 4) is 5.75 Å². The van der Waals surface area contributed by atoms with Crippen molar-refractivity contribution in [3.05, 3.63) is 22.7 Å². The monoisotopic (exact) mass is 380 g/mol. The third kappa shape index (κ3) is 4.83. The number of amides is 1. The maximum Gasteiger partial charge on any atom is 0.255 e. The second-order valence-electron chi connectivity index (χ2n) is 5.26. The van der Waals surface area contributed by atoms with Gasteiger partial charge in [0.1, 0.15) is 5.75 Å². The number of rotatable bonds is 5. The normalized spacial score (nSPS) is 16.3. The van der Waals surface area contributed by atoms with Gasteiger partial charge in [0.15, 0.2) is 0 Å². The Morgan fingerprint density at radius 2 is 2.13 bits per heavy atom. The van der Waals surface area contributed by atoms with Crippen LogP contribution in [-0.4, -0.2) is 43.8 Å². The summed E-state index contributed by atoms with van der Waals surface area (Å²) in [7, 11) is 1.50. The zero-order chi connectivity index (χ0) is 16.2. The van der Waals surface area contributed by atoms with Crippen molar-refractivity contribution in [1.82, 2.24) is 5.32 Å². The van der Waals surface area contributed by atoms with Crippen LogP contribution in [-0.2, 0) is 4.74 Å². The minimum Gasteiger partial charge on any atom is -0.496 e. The van der Waals surface area contributed by atoms with E-state index in [1.807, 2.05) is 0 Å². The summed E-state index contributed by atoms with van der Waals surface area (Å²) in [5.41, 5.74) is 6.52. The predicted molar refractivity (Wildman–Crippen MR) is 98.3 cm³/mol. The minimum atomic E-state index is -0.210. The highest BCUT2D eigenvalue weighted by atomic mass is 35.5. The van der Waals surface area contributed by atoms with E-state index in [9.17, 15) is 4.79 Å². The molecule has 0 saturated carbocycles. The van der Waals surface area contributed by atoms with Gasteiger partial charge in [-0.3, -0.25) is 4.79 Å². The highest BCUT2D eigenvalue weighted by Crippen LogP contribution is 2.33. The average molecular weight is 381 g/mol. The Hall–Kier alpha value is -0.820. The van der Waals surface area contributed by atoms with E-state index in [0.29, 0.717) is 28.6 Å². The van der Waals surface area contributed by atoms with Crippen LogP contribution in [0, 0.1) is 0 Å². The molecule has 0 bridgehead atoms. The molecule has 1 aromatic carbocycles.